The number of likely N-dealkylation sites (tertiary alicyclic amines) is 1. The Bertz CT molecular complexity index is 811. The number of imidazole rings is 1. The van der Waals surface area contributed by atoms with E-state index in [9.17, 15) is 4.79 Å². The summed E-state index contributed by atoms with van der Waals surface area (Å²) in [5, 5.41) is 4.93. The summed E-state index contributed by atoms with van der Waals surface area (Å²) < 4.78 is 0. The van der Waals surface area contributed by atoms with E-state index in [2.05, 4.69) is 20.3 Å². The molecule has 1 aliphatic heterocycles. The Morgan fingerprint density at radius 1 is 1.40 bits per heavy atom. The van der Waals surface area contributed by atoms with Crippen molar-refractivity contribution in [2.45, 2.75) is 25.8 Å². The molecule has 0 aliphatic carbocycles. The highest BCUT2D eigenvalue weighted by Gasteiger charge is 2.24. The number of benzene rings is 1. The molecule has 0 saturated carbocycles. The van der Waals surface area contributed by atoms with E-state index >= 15 is 0 Å². The molecular formula is C18H21N5OS. The fourth-order valence-corrected chi connectivity index (χ4v) is 3.95. The summed E-state index contributed by atoms with van der Waals surface area (Å²) >= 11 is 1.54. The zero-order chi connectivity index (χ0) is 17.1. The van der Waals surface area contributed by atoms with Gasteiger partial charge in [0.05, 0.1) is 28.8 Å². The molecule has 25 heavy (non-hydrogen) atoms. The van der Waals surface area contributed by atoms with Gasteiger partial charge in [-0.05, 0) is 30.9 Å². The van der Waals surface area contributed by atoms with Crippen molar-refractivity contribution < 1.29 is 4.79 Å². The molecule has 7 heteroatoms. The molecule has 130 valence electrons. The number of aromatic nitrogens is 3. The van der Waals surface area contributed by atoms with Crippen LogP contribution in [-0.4, -0.2) is 39.0 Å². The summed E-state index contributed by atoms with van der Waals surface area (Å²) in [5.41, 5.74) is 4.78. The predicted octanol–water partition coefficient (Wildman–Crippen LogP) is 3.18. The number of piperidine rings is 1. The van der Waals surface area contributed by atoms with Gasteiger partial charge in [-0.1, -0.05) is 12.1 Å². The zero-order valence-corrected chi connectivity index (χ0v) is 14.8. The highest BCUT2D eigenvalue weighted by Crippen LogP contribution is 2.21. The normalized spacial score (nSPS) is 17.8. The third-order valence-electron chi connectivity index (χ3n) is 4.63. The lowest BCUT2D eigenvalue weighted by molar-refractivity contribution is 0.164. The van der Waals surface area contributed by atoms with E-state index in [0.29, 0.717) is 12.5 Å². The van der Waals surface area contributed by atoms with Gasteiger partial charge in [0.1, 0.15) is 5.82 Å². The second-order valence-electron chi connectivity index (χ2n) is 6.50. The van der Waals surface area contributed by atoms with Gasteiger partial charge in [0, 0.05) is 24.9 Å². The smallest absolute Gasteiger partial charge is 0.317 e. The Morgan fingerprint density at radius 3 is 3.16 bits per heavy atom. The van der Waals surface area contributed by atoms with Gasteiger partial charge in [0.15, 0.2) is 0 Å². The standard InChI is InChI=1S/C18H21N5OS/c24-18(19-9-14-11-25-12-20-14)23-7-3-4-13(10-23)8-17-21-15-5-1-2-6-16(15)22-17/h1-2,5-6,11-13H,3-4,7-10H2,(H,19,24)(H,21,22). The Hall–Kier alpha value is -2.41. The lowest BCUT2D eigenvalue weighted by atomic mass is 9.95. The molecule has 3 heterocycles. The van der Waals surface area contributed by atoms with Crippen LogP contribution in [0.4, 0.5) is 4.79 Å². The van der Waals surface area contributed by atoms with Crippen LogP contribution in [0.15, 0.2) is 35.2 Å². The van der Waals surface area contributed by atoms with Crippen LogP contribution in [0.2, 0.25) is 0 Å². The average molecular weight is 355 g/mol. The Kier molecular flexibility index (Phi) is 4.65. The predicted molar refractivity (Wildman–Crippen MR) is 98.4 cm³/mol. The van der Waals surface area contributed by atoms with Gasteiger partial charge >= 0.3 is 6.03 Å². The monoisotopic (exact) mass is 355 g/mol. The number of carbonyl (C=O) groups excluding carboxylic acids is 1. The minimum absolute atomic E-state index is 0.00214. The number of aromatic amines is 1. The molecule has 2 aromatic heterocycles. The Morgan fingerprint density at radius 2 is 2.32 bits per heavy atom. The van der Waals surface area contributed by atoms with Gasteiger partial charge in [0.25, 0.3) is 0 Å². The fourth-order valence-electron chi connectivity index (χ4n) is 3.39. The zero-order valence-electron chi connectivity index (χ0n) is 13.9. The number of para-hydroxylation sites is 2. The minimum atomic E-state index is 0.00214. The average Bonchev–Trinajstić information content (AvgIpc) is 3.28. The van der Waals surface area contributed by atoms with Crippen LogP contribution in [-0.2, 0) is 13.0 Å². The highest BCUT2D eigenvalue weighted by molar-refractivity contribution is 7.07. The number of urea groups is 1. The maximum absolute atomic E-state index is 12.4. The number of hydrogen-bond acceptors (Lipinski definition) is 4. The van der Waals surface area contributed by atoms with Crippen molar-refractivity contribution in [2.24, 2.45) is 5.92 Å². The molecule has 1 saturated heterocycles. The fraction of sp³-hybridized carbons (Fsp3) is 0.389. The van der Waals surface area contributed by atoms with E-state index < -0.39 is 0 Å². The lowest BCUT2D eigenvalue weighted by Gasteiger charge is -2.32. The maximum atomic E-state index is 12.4. The molecule has 1 fully saturated rings. The van der Waals surface area contributed by atoms with Crippen LogP contribution in [0, 0.1) is 5.92 Å². The topological polar surface area (TPSA) is 73.9 Å². The van der Waals surface area contributed by atoms with Crippen molar-refractivity contribution >= 4 is 28.4 Å². The Labute approximate surface area is 150 Å². The number of amides is 2. The van der Waals surface area contributed by atoms with Gasteiger partial charge in [-0.3, -0.25) is 0 Å². The number of carbonyl (C=O) groups is 1. The molecule has 2 amide bonds. The first kappa shape index (κ1) is 16.1. The van der Waals surface area contributed by atoms with Crippen molar-refractivity contribution in [2.75, 3.05) is 13.1 Å². The van der Waals surface area contributed by atoms with Crippen LogP contribution in [0.1, 0.15) is 24.4 Å². The third kappa shape index (κ3) is 3.82. The van der Waals surface area contributed by atoms with Crippen LogP contribution in [0.5, 0.6) is 0 Å². The van der Waals surface area contributed by atoms with Gasteiger partial charge in [-0.15, -0.1) is 11.3 Å². The van der Waals surface area contributed by atoms with E-state index in [0.717, 1.165) is 54.9 Å². The van der Waals surface area contributed by atoms with Crippen molar-refractivity contribution in [1.29, 1.82) is 0 Å². The summed E-state index contributed by atoms with van der Waals surface area (Å²) in [4.78, 5) is 26.6. The van der Waals surface area contributed by atoms with E-state index in [1.165, 1.54) is 0 Å². The van der Waals surface area contributed by atoms with Gasteiger partial charge in [-0.25, -0.2) is 14.8 Å². The first-order valence-electron chi connectivity index (χ1n) is 8.61. The first-order chi connectivity index (χ1) is 12.3. The van der Waals surface area contributed by atoms with Gasteiger partial charge in [-0.2, -0.15) is 0 Å². The highest BCUT2D eigenvalue weighted by atomic mass is 32.1. The van der Waals surface area contributed by atoms with E-state index in [4.69, 9.17) is 0 Å². The number of rotatable bonds is 4. The summed E-state index contributed by atoms with van der Waals surface area (Å²) in [6.07, 6.45) is 3.05. The molecule has 1 aliphatic rings. The largest absolute Gasteiger partial charge is 0.342 e. The van der Waals surface area contributed by atoms with E-state index in [1.54, 1.807) is 16.8 Å². The molecule has 1 aromatic carbocycles. The molecule has 4 rings (SSSR count). The van der Waals surface area contributed by atoms with E-state index in [-0.39, 0.29) is 6.03 Å². The van der Waals surface area contributed by atoms with Crippen LogP contribution >= 0.6 is 11.3 Å². The molecule has 2 N–H and O–H groups in total. The molecule has 6 nitrogen and oxygen atoms in total. The second-order valence-corrected chi connectivity index (χ2v) is 7.22. The van der Waals surface area contributed by atoms with Crippen LogP contribution in [0.3, 0.4) is 0 Å². The van der Waals surface area contributed by atoms with Gasteiger partial charge < -0.3 is 15.2 Å². The van der Waals surface area contributed by atoms with E-state index in [1.807, 2.05) is 34.5 Å². The summed E-state index contributed by atoms with van der Waals surface area (Å²) in [6.45, 7) is 2.09. The number of nitrogens with one attached hydrogen (secondary N) is 2. The molecule has 0 radical (unpaired) electrons. The third-order valence-corrected chi connectivity index (χ3v) is 5.27. The van der Waals surface area contributed by atoms with Gasteiger partial charge in [0.2, 0.25) is 0 Å². The molecule has 1 unspecified atom stereocenters. The Balaban J connectivity index is 1.34. The number of H-pyrrole nitrogens is 1. The number of nitrogens with zero attached hydrogens (tertiary/aromatic N) is 3. The van der Waals surface area contributed by atoms with Crippen molar-refractivity contribution in [3.8, 4) is 0 Å². The summed E-state index contributed by atoms with van der Waals surface area (Å²) in [6, 6.07) is 8.09. The molecule has 0 bridgehead atoms. The SMILES string of the molecule is O=C(NCc1cscn1)N1CCCC(Cc2nc3ccccc3[nH]2)C1. The van der Waals surface area contributed by atoms with Crippen LogP contribution in [0.25, 0.3) is 11.0 Å². The number of thiazole rings is 1. The molecule has 1 atom stereocenters. The molecule has 0 spiro atoms. The van der Waals surface area contributed by atoms with Crippen molar-refractivity contribution in [1.82, 2.24) is 25.2 Å². The minimum Gasteiger partial charge on any atom is -0.342 e. The summed E-state index contributed by atoms with van der Waals surface area (Å²) in [7, 11) is 0. The lowest BCUT2D eigenvalue weighted by Crippen LogP contribution is -2.45. The quantitative estimate of drug-likeness (QED) is 0.755. The van der Waals surface area contributed by atoms with Crippen molar-refractivity contribution in [3.05, 3.63) is 46.7 Å². The number of fused-ring (bicyclic) bond motifs is 1. The molecular weight excluding hydrogens is 334 g/mol. The maximum Gasteiger partial charge on any atom is 0.317 e. The first-order valence-corrected chi connectivity index (χ1v) is 9.55. The number of hydrogen-bond donors (Lipinski definition) is 2. The van der Waals surface area contributed by atoms with Crippen molar-refractivity contribution in [3.63, 3.8) is 0 Å². The summed E-state index contributed by atoms with van der Waals surface area (Å²) in [5.74, 6) is 1.45. The second kappa shape index (κ2) is 7.23. The van der Waals surface area contributed by atoms with Crippen LogP contribution < -0.4 is 5.32 Å². The molecule has 3 aromatic rings.